The third-order valence-corrected chi connectivity index (χ3v) is 3.38. The van der Waals surface area contributed by atoms with Gasteiger partial charge in [-0.05, 0) is 5.56 Å². The molecule has 1 rings (SSSR count). The molecular formula is C14H25IN4O3S. The van der Waals surface area contributed by atoms with E-state index in [1.54, 1.807) is 7.05 Å². The van der Waals surface area contributed by atoms with Crippen molar-refractivity contribution in [3.63, 3.8) is 0 Å². The SMILES string of the molecule is CN=C(NCCNS(C)(=O)=O)NCCOCc1ccccc1.I. The van der Waals surface area contributed by atoms with Crippen molar-refractivity contribution in [2.75, 3.05) is 39.5 Å². The van der Waals surface area contributed by atoms with Crippen LogP contribution in [0.4, 0.5) is 0 Å². The summed E-state index contributed by atoms with van der Waals surface area (Å²) in [5.74, 6) is 0.610. The summed E-state index contributed by atoms with van der Waals surface area (Å²) in [6, 6.07) is 9.96. The Morgan fingerprint density at radius 1 is 1.13 bits per heavy atom. The van der Waals surface area contributed by atoms with Crippen molar-refractivity contribution in [1.29, 1.82) is 0 Å². The smallest absolute Gasteiger partial charge is 0.208 e. The van der Waals surface area contributed by atoms with Gasteiger partial charge in [-0.15, -0.1) is 24.0 Å². The van der Waals surface area contributed by atoms with E-state index in [1.807, 2.05) is 30.3 Å². The lowest BCUT2D eigenvalue weighted by Crippen LogP contribution is -2.42. The molecule has 3 N–H and O–H groups in total. The number of rotatable bonds is 9. The average Bonchev–Trinajstić information content (AvgIpc) is 2.49. The summed E-state index contributed by atoms with van der Waals surface area (Å²) in [7, 11) is -1.49. The Hall–Kier alpha value is -0.910. The minimum absolute atomic E-state index is 0. The van der Waals surface area contributed by atoms with Crippen LogP contribution in [0.3, 0.4) is 0 Å². The molecule has 0 aliphatic rings. The molecule has 0 unspecified atom stereocenters. The molecule has 7 nitrogen and oxygen atoms in total. The Morgan fingerprint density at radius 3 is 2.39 bits per heavy atom. The first-order valence-electron chi connectivity index (χ1n) is 7.02. The Labute approximate surface area is 155 Å². The van der Waals surface area contributed by atoms with Gasteiger partial charge in [-0.25, -0.2) is 13.1 Å². The second-order valence-electron chi connectivity index (χ2n) is 4.63. The zero-order chi connectivity index (χ0) is 16.3. The highest BCUT2D eigenvalue weighted by atomic mass is 127. The van der Waals surface area contributed by atoms with Gasteiger partial charge in [-0.2, -0.15) is 0 Å². The molecule has 0 amide bonds. The zero-order valence-electron chi connectivity index (χ0n) is 13.4. The molecule has 0 aromatic heterocycles. The molecule has 132 valence electrons. The maximum atomic E-state index is 10.9. The summed E-state index contributed by atoms with van der Waals surface area (Å²) >= 11 is 0. The van der Waals surface area contributed by atoms with Gasteiger partial charge in [0.15, 0.2) is 5.96 Å². The maximum absolute atomic E-state index is 10.9. The van der Waals surface area contributed by atoms with E-state index in [2.05, 4.69) is 20.3 Å². The number of guanidine groups is 1. The molecule has 0 saturated carbocycles. The number of nitrogens with one attached hydrogen (secondary N) is 3. The Morgan fingerprint density at radius 2 is 1.78 bits per heavy atom. The summed E-state index contributed by atoms with van der Waals surface area (Å²) < 4.78 is 29.8. The fraction of sp³-hybridized carbons (Fsp3) is 0.500. The first-order chi connectivity index (χ1) is 10.5. The molecule has 0 radical (unpaired) electrons. The van der Waals surface area contributed by atoms with Crippen LogP contribution in [0.2, 0.25) is 0 Å². The molecule has 0 saturated heterocycles. The first-order valence-corrected chi connectivity index (χ1v) is 8.91. The van der Waals surface area contributed by atoms with Crippen LogP contribution in [0, 0.1) is 0 Å². The van der Waals surface area contributed by atoms with Gasteiger partial charge in [0.25, 0.3) is 0 Å². The summed E-state index contributed by atoms with van der Waals surface area (Å²) in [5.41, 5.74) is 1.14. The summed E-state index contributed by atoms with van der Waals surface area (Å²) in [4.78, 5) is 4.04. The van der Waals surface area contributed by atoms with Crippen molar-refractivity contribution in [3.05, 3.63) is 35.9 Å². The molecule has 0 atom stereocenters. The number of hydrogen-bond acceptors (Lipinski definition) is 4. The Kier molecular flexibility index (Phi) is 12.0. The minimum atomic E-state index is -3.15. The topological polar surface area (TPSA) is 91.8 Å². The van der Waals surface area contributed by atoms with E-state index in [4.69, 9.17) is 4.74 Å². The predicted molar refractivity (Wildman–Crippen MR) is 104 cm³/mol. The highest BCUT2D eigenvalue weighted by Crippen LogP contribution is 1.99. The number of nitrogens with zero attached hydrogens (tertiary/aromatic N) is 1. The van der Waals surface area contributed by atoms with E-state index in [9.17, 15) is 8.42 Å². The monoisotopic (exact) mass is 456 g/mol. The molecule has 0 spiro atoms. The van der Waals surface area contributed by atoms with Gasteiger partial charge in [-0.1, -0.05) is 30.3 Å². The Bertz CT molecular complexity index is 552. The molecule has 0 heterocycles. The number of sulfonamides is 1. The number of ether oxygens (including phenoxy) is 1. The molecule has 9 heteroatoms. The van der Waals surface area contributed by atoms with Crippen molar-refractivity contribution in [3.8, 4) is 0 Å². The van der Waals surface area contributed by atoms with Gasteiger partial charge in [0, 0.05) is 26.7 Å². The van der Waals surface area contributed by atoms with Crippen LogP contribution >= 0.6 is 24.0 Å². The van der Waals surface area contributed by atoms with Crippen LogP contribution < -0.4 is 15.4 Å². The summed E-state index contributed by atoms with van der Waals surface area (Å²) in [6.07, 6.45) is 1.13. The second kappa shape index (κ2) is 12.5. The van der Waals surface area contributed by atoms with Gasteiger partial charge in [0.2, 0.25) is 10.0 Å². The van der Waals surface area contributed by atoms with Crippen LogP contribution in [0.1, 0.15) is 5.56 Å². The van der Waals surface area contributed by atoms with Crippen molar-refractivity contribution < 1.29 is 13.2 Å². The highest BCUT2D eigenvalue weighted by Gasteiger charge is 2.00. The molecular weight excluding hydrogens is 431 g/mol. The molecule has 0 fully saturated rings. The van der Waals surface area contributed by atoms with Gasteiger partial charge in [0.1, 0.15) is 0 Å². The third kappa shape index (κ3) is 12.2. The number of hydrogen-bond donors (Lipinski definition) is 3. The first kappa shape index (κ1) is 22.1. The van der Waals surface area contributed by atoms with Crippen molar-refractivity contribution in [2.45, 2.75) is 6.61 Å². The van der Waals surface area contributed by atoms with E-state index in [-0.39, 0.29) is 24.0 Å². The lowest BCUT2D eigenvalue weighted by Gasteiger charge is -2.12. The van der Waals surface area contributed by atoms with Crippen molar-refractivity contribution in [2.24, 2.45) is 4.99 Å². The fourth-order valence-corrected chi connectivity index (χ4v) is 2.12. The lowest BCUT2D eigenvalue weighted by atomic mass is 10.2. The van der Waals surface area contributed by atoms with E-state index >= 15 is 0 Å². The van der Waals surface area contributed by atoms with Crippen molar-refractivity contribution in [1.82, 2.24) is 15.4 Å². The summed E-state index contributed by atoms with van der Waals surface area (Å²) in [5, 5.41) is 6.10. The molecule has 0 aliphatic heterocycles. The standard InChI is InChI=1S/C14H24N4O3S.HI/c1-15-14(16-8-9-18-22(2,19)20)17-10-11-21-12-13-6-4-3-5-7-13;/h3-7,18H,8-12H2,1-2H3,(H2,15,16,17);1H. The average molecular weight is 456 g/mol. The van der Waals surface area contributed by atoms with Gasteiger partial charge in [0.05, 0.1) is 19.5 Å². The number of aliphatic imine (C=N–C) groups is 1. The van der Waals surface area contributed by atoms with Crippen LogP contribution in [-0.4, -0.2) is 53.9 Å². The Balaban J connectivity index is 0.00000484. The molecule has 1 aromatic rings. The quantitative estimate of drug-likeness (QED) is 0.218. The van der Waals surface area contributed by atoms with Gasteiger partial charge in [-0.3, -0.25) is 4.99 Å². The lowest BCUT2D eigenvalue weighted by molar-refractivity contribution is 0.125. The zero-order valence-corrected chi connectivity index (χ0v) is 16.6. The van der Waals surface area contributed by atoms with E-state index in [0.717, 1.165) is 11.8 Å². The van der Waals surface area contributed by atoms with Crippen LogP contribution in [0.15, 0.2) is 35.3 Å². The van der Waals surface area contributed by atoms with E-state index in [1.165, 1.54) is 0 Å². The van der Waals surface area contributed by atoms with Crippen LogP contribution in [0.5, 0.6) is 0 Å². The largest absolute Gasteiger partial charge is 0.375 e. The van der Waals surface area contributed by atoms with E-state index < -0.39 is 10.0 Å². The molecule has 23 heavy (non-hydrogen) atoms. The number of benzene rings is 1. The predicted octanol–water partition coefficient (Wildman–Crippen LogP) is 0.535. The van der Waals surface area contributed by atoms with E-state index in [0.29, 0.717) is 38.8 Å². The normalized spacial score (nSPS) is 11.7. The maximum Gasteiger partial charge on any atom is 0.208 e. The molecule has 0 bridgehead atoms. The fourth-order valence-electron chi connectivity index (χ4n) is 1.64. The van der Waals surface area contributed by atoms with Crippen LogP contribution in [0.25, 0.3) is 0 Å². The van der Waals surface area contributed by atoms with Crippen LogP contribution in [-0.2, 0) is 21.4 Å². The minimum Gasteiger partial charge on any atom is -0.375 e. The van der Waals surface area contributed by atoms with Gasteiger partial charge < -0.3 is 15.4 Å². The number of halogens is 1. The third-order valence-electron chi connectivity index (χ3n) is 2.66. The summed E-state index contributed by atoms with van der Waals surface area (Å²) in [6.45, 7) is 2.51. The molecule has 0 aliphatic carbocycles. The van der Waals surface area contributed by atoms with Gasteiger partial charge >= 0.3 is 0 Å². The van der Waals surface area contributed by atoms with Crippen molar-refractivity contribution >= 4 is 40.0 Å². The molecule has 1 aromatic carbocycles. The highest BCUT2D eigenvalue weighted by molar-refractivity contribution is 14.0. The second-order valence-corrected chi connectivity index (χ2v) is 6.46.